The first-order valence-electron chi connectivity index (χ1n) is 4.21. The molecule has 2 aliphatic heterocycles. The van der Waals surface area contributed by atoms with E-state index in [2.05, 4.69) is 20.4 Å². The molecule has 1 aromatic carbocycles. The van der Waals surface area contributed by atoms with E-state index in [0.717, 1.165) is 0 Å². The van der Waals surface area contributed by atoms with Crippen LogP contribution in [0.5, 0.6) is 5.75 Å². The summed E-state index contributed by atoms with van der Waals surface area (Å²) in [7, 11) is 0. The number of amidine groups is 1. The van der Waals surface area contributed by atoms with Gasteiger partial charge in [-0.1, -0.05) is 6.07 Å². The standard InChI is InChI=1S/C9H4N4O2/c14-4-15-6-3-1-2-5-7(6)8-9(10-5)12-13-11-8/h1-4H. The van der Waals surface area contributed by atoms with Crippen molar-refractivity contribution < 1.29 is 9.53 Å². The minimum absolute atomic E-state index is 0.372. The minimum atomic E-state index is 0.372. The molecule has 0 aromatic heterocycles. The molecule has 0 saturated heterocycles. The highest BCUT2D eigenvalue weighted by Gasteiger charge is 2.20. The SMILES string of the molecule is O=COc1cccc2c1=C1N=NN=C1N=2. The van der Waals surface area contributed by atoms with Gasteiger partial charge in [-0.3, -0.25) is 4.79 Å². The number of ether oxygens (including phenoxy) is 1. The van der Waals surface area contributed by atoms with Crippen LogP contribution < -0.4 is 15.3 Å². The van der Waals surface area contributed by atoms with Crippen LogP contribution in [0.2, 0.25) is 0 Å². The fourth-order valence-corrected chi connectivity index (χ4v) is 1.55. The predicted octanol–water partition coefficient (Wildman–Crippen LogP) is -0.258. The zero-order valence-electron chi connectivity index (χ0n) is 7.41. The highest BCUT2D eigenvalue weighted by atomic mass is 16.5. The largest absolute Gasteiger partial charge is 0.428 e. The molecule has 1 aromatic rings. The lowest BCUT2D eigenvalue weighted by molar-refractivity contribution is -0.120. The number of nitrogens with zero attached hydrogens (tertiary/aromatic N) is 4. The van der Waals surface area contributed by atoms with Gasteiger partial charge in [0.05, 0.1) is 10.6 Å². The van der Waals surface area contributed by atoms with Gasteiger partial charge in [-0.05, 0) is 17.4 Å². The average Bonchev–Trinajstić information content (AvgIpc) is 2.77. The van der Waals surface area contributed by atoms with Crippen LogP contribution in [0.4, 0.5) is 0 Å². The average molecular weight is 200 g/mol. The molecule has 0 unspecified atom stereocenters. The summed E-state index contributed by atoms with van der Waals surface area (Å²) in [6.07, 6.45) is 0. The molecular formula is C9H4N4O2. The van der Waals surface area contributed by atoms with E-state index in [0.29, 0.717) is 34.3 Å². The zero-order valence-corrected chi connectivity index (χ0v) is 7.41. The number of carbonyl (C=O) groups excluding carboxylic acids is 1. The third-order valence-corrected chi connectivity index (χ3v) is 2.14. The Kier molecular flexibility index (Phi) is 1.49. The molecule has 2 heterocycles. The van der Waals surface area contributed by atoms with E-state index in [-0.39, 0.29) is 0 Å². The first kappa shape index (κ1) is 7.98. The van der Waals surface area contributed by atoms with E-state index in [1.807, 2.05) is 0 Å². The van der Waals surface area contributed by atoms with Crippen LogP contribution in [-0.4, -0.2) is 12.3 Å². The molecule has 0 radical (unpaired) electrons. The van der Waals surface area contributed by atoms with Gasteiger partial charge in [0, 0.05) is 0 Å². The van der Waals surface area contributed by atoms with E-state index >= 15 is 0 Å². The number of benzene rings is 1. The van der Waals surface area contributed by atoms with E-state index in [1.54, 1.807) is 18.2 Å². The predicted molar refractivity (Wildman–Crippen MR) is 49.6 cm³/mol. The lowest BCUT2D eigenvalue weighted by Gasteiger charge is -1.96. The summed E-state index contributed by atoms with van der Waals surface area (Å²) < 4.78 is 4.84. The summed E-state index contributed by atoms with van der Waals surface area (Å²) >= 11 is 0. The Morgan fingerprint density at radius 1 is 1.33 bits per heavy atom. The Morgan fingerprint density at radius 3 is 3.13 bits per heavy atom. The molecule has 2 aliphatic rings. The molecule has 0 amide bonds. The molecule has 6 nitrogen and oxygen atoms in total. The van der Waals surface area contributed by atoms with Gasteiger partial charge in [0.2, 0.25) is 5.84 Å². The van der Waals surface area contributed by atoms with Gasteiger partial charge in [0.15, 0.2) is 0 Å². The van der Waals surface area contributed by atoms with Gasteiger partial charge in [0.25, 0.3) is 6.47 Å². The molecule has 72 valence electrons. The van der Waals surface area contributed by atoms with Gasteiger partial charge in [-0.25, -0.2) is 4.99 Å². The highest BCUT2D eigenvalue weighted by molar-refractivity contribution is 6.19. The monoisotopic (exact) mass is 200 g/mol. The van der Waals surface area contributed by atoms with E-state index in [9.17, 15) is 4.79 Å². The molecule has 3 rings (SSSR count). The smallest absolute Gasteiger partial charge is 0.298 e. The molecule has 0 saturated carbocycles. The van der Waals surface area contributed by atoms with E-state index in [4.69, 9.17) is 4.74 Å². The summed E-state index contributed by atoms with van der Waals surface area (Å²) in [6.45, 7) is 0.372. The topological polar surface area (TPSA) is 75.7 Å². The number of hydrogen-bond acceptors (Lipinski definition) is 6. The summed E-state index contributed by atoms with van der Waals surface area (Å²) in [6, 6.07) is 5.23. The first-order valence-corrected chi connectivity index (χ1v) is 4.21. The van der Waals surface area contributed by atoms with Crippen molar-refractivity contribution in [2.24, 2.45) is 20.4 Å². The second kappa shape index (κ2) is 2.81. The van der Waals surface area contributed by atoms with Crippen molar-refractivity contribution in [1.82, 2.24) is 0 Å². The Hall–Kier alpha value is -2.37. The van der Waals surface area contributed by atoms with Gasteiger partial charge in [-0.15, -0.1) is 10.2 Å². The Balaban J connectivity index is 2.42. The second-order valence-corrected chi connectivity index (χ2v) is 2.94. The van der Waals surface area contributed by atoms with Crippen molar-refractivity contribution in [3.05, 3.63) is 28.8 Å². The van der Waals surface area contributed by atoms with Gasteiger partial charge in [-0.2, -0.15) is 0 Å². The van der Waals surface area contributed by atoms with Crippen LogP contribution >= 0.6 is 0 Å². The first-order chi connectivity index (χ1) is 7.40. The summed E-state index contributed by atoms with van der Waals surface area (Å²) in [5, 5.41) is 12.4. The molecule has 0 spiro atoms. The number of hydrogen-bond donors (Lipinski definition) is 0. The lowest BCUT2D eigenvalue weighted by Crippen LogP contribution is -2.24. The Bertz CT molecular complexity index is 630. The third kappa shape index (κ3) is 1.01. The quantitative estimate of drug-likeness (QED) is 0.617. The summed E-state index contributed by atoms with van der Waals surface area (Å²) in [4.78, 5) is 14.5. The molecule has 0 atom stereocenters. The van der Waals surface area contributed by atoms with E-state index < -0.39 is 0 Å². The molecule has 6 heteroatoms. The van der Waals surface area contributed by atoms with Crippen molar-refractivity contribution in [1.29, 1.82) is 0 Å². The van der Waals surface area contributed by atoms with Crippen molar-refractivity contribution in [3.63, 3.8) is 0 Å². The second-order valence-electron chi connectivity index (χ2n) is 2.94. The molecular weight excluding hydrogens is 196 g/mol. The van der Waals surface area contributed by atoms with Gasteiger partial charge >= 0.3 is 0 Å². The number of carbonyl (C=O) groups is 1. The van der Waals surface area contributed by atoms with Crippen molar-refractivity contribution >= 4 is 18.0 Å². The molecule has 15 heavy (non-hydrogen) atoms. The molecule has 0 N–H and O–H groups in total. The molecule has 0 fully saturated rings. The van der Waals surface area contributed by atoms with Gasteiger partial charge < -0.3 is 4.74 Å². The minimum Gasteiger partial charge on any atom is -0.428 e. The fraction of sp³-hybridized carbons (Fsp3) is 0. The van der Waals surface area contributed by atoms with Crippen LogP contribution in [0.3, 0.4) is 0 Å². The number of rotatable bonds is 2. The van der Waals surface area contributed by atoms with Crippen LogP contribution in [0.1, 0.15) is 0 Å². The maximum absolute atomic E-state index is 10.3. The third-order valence-electron chi connectivity index (χ3n) is 2.14. The van der Waals surface area contributed by atoms with Crippen LogP contribution in [0, 0.1) is 0 Å². The van der Waals surface area contributed by atoms with Crippen molar-refractivity contribution in [2.75, 3.05) is 0 Å². The summed E-state index contributed by atoms with van der Waals surface area (Å²) in [5.74, 6) is 0.888. The fourth-order valence-electron chi connectivity index (χ4n) is 1.55. The van der Waals surface area contributed by atoms with Crippen LogP contribution in [0.15, 0.2) is 38.6 Å². The maximum atomic E-state index is 10.3. The summed E-state index contributed by atoms with van der Waals surface area (Å²) in [5.41, 5.74) is 0.558. The van der Waals surface area contributed by atoms with Crippen LogP contribution in [-0.2, 0) is 4.79 Å². The zero-order chi connectivity index (χ0) is 10.3. The number of fused-ring (bicyclic) bond motifs is 2. The highest BCUT2D eigenvalue weighted by Crippen LogP contribution is 2.15. The maximum Gasteiger partial charge on any atom is 0.298 e. The normalized spacial score (nSPS) is 15.5. The van der Waals surface area contributed by atoms with Gasteiger partial charge in [0.1, 0.15) is 11.4 Å². The lowest BCUT2D eigenvalue weighted by atomic mass is 10.2. The molecule has 0 aliphatic carbocycles. The van der Waals surface area contributed by atoms with Crippen LogP contribution in [0.25, 0.3) is 5.70 Å². The van der Waals surface area contributed by atoms with Crippen molar-refractivity contribution in [2.45, 2.75) is 0 Å². The Labute approximate surface area is 83.3 Å². The van der Waals surface area contributed by atoms with E-state index in [1.165, 1.54) is 0 Å². The molecule has 0 bridgehead atoms. The Morgan fingerprint density at radius 2 is 2.27 bits per heavy atom. The van der Waals surface area contributed by atoms with Crippen molar-refractivity contribution in [3.8, 4) is 5.75 Å².